The van der Waals surface area contributed by atoms with Gasteiger partial charge in [0.2, 0.25) is 0 Å². The molecule has 0 saturated heterocycles. The molecule has 7 aromatic rings. The lowest BCUT2D eigenvalue weighted by molar-refractivity contribution is 0.446. The molecule has 0 bridgehead atoms. The molecule has 4 nitrogen and oxygen atoms in total. The molecule has 0 aliphatic rings. The number of imidazole rings is 1. The Kier molecular flexibility index (Phi) is 7.05. The number of hydrogen-bond donors (Lipinski definition) is 1. The molecule has 0 radical (unpaired) electrons. The van der Waals surface area contributed by atoms with Gasteiger partial charge in [-0.25, -0.2) is 4.98 Å². The molecule has 2 aromatic heterocycles. The predicted octanol–water partition coefficient (Wildman–Crippen LogP) is 10.9. The average Bonchev–Trinajstić information content (AvgIpc) is 3.43. The first-order valence-electron chi connectivity index (χ1n) is 15.9. The summed E-state index contributed by atoms with van der Waals surface area (Å²) in [6, 6.07) is 40.0. The molecule has 0 spiro atoms. The molecule has 5 aromatic carbocycles. The molecule has 0 fully saturated rings. The number of phenolic OH excluding ortho intramolecular Hbond substituents is 1. The maximum atomic E-state index is 12.1. The third-order valence-corrected chi connectivity index (χ3v) is 8.85. The van der Waals surface area contributed by atoms with E-state index in [2.05, 4.69) is 148 Å². The van der Waals surface area contributed by atoms with Crippen LogP contribution in [0.1, 0.15) is 52.7 Å². The van der Waals surface area contributed by atoms with Crippen LogP contribution in [0.5, 0.6) is 5.75 Å². The highest BCUT2D eigenvalue weighted by Crippen LogP contribution is 2.44. The summed E-state index contributed by atoms with van der Waals surface area (Å²) in [5.74, 6) is 0.991. The SMILES string of the molecule is CC(C)(C)c1cc(-c2nc3c(-c4cccc(-c5ccccn5)c4)cccc3n2-c2cccc3ccccc23)c(O)c(C(C)(C)C)c1. The minimum Gasteiger partial charge on any atom is -0.507 e. The minimum absolute atomic E-state index is 0.129. The van der Waals surface area contributed by atoms with Crippen LogP contribution in [0.15, 0.2) is 121 Å². The molecule has 0 aliphatic heterocycles. The minimum atomic E-state index is -0.270. The van der Waals surface area contributed by atoms with Gasteiger partial charge in [-0.1, -0.05) is 120 Å². The molecular weight excluding hydrogens is 562 g/mol. The number of aromatic nitrogens is 3. The summed E-state index contributed by atoms with van der Waals surface area (Å²) in [5, 5.41) is 14.3. The van der Waals surface area contributed by atoms with Crippen molar-refractivity contribution in [3.05, 3.63) is 133 Å². The summed E-state index contributed by atoms with van der Waals surface area (Å²) in [6.07, 6.45) is 1.82. The molecule has 4 heteroatoms. The topological polar surface area (TPSA) is 50.9 Å². The molecule has 0 aliphatic carbocycles. The van der Waals surface area contributed by atoms with Crippen molar-refractivity contribution in [2.45, 2.75) is 52.4 Å². The number of aromatic hydroxyl groups is 1. The Labute approximate surface area is 271 Å². The smallest absolute Gasteiger partial charge is 0.149 e. The van der Waals surface area contributed by atoms with Gasteiger partial charge in [0.25, 0.3) is 0 Å². The van der Waals surface area contributed by atoms with E-state index in [0.717, 1.165) is 66.6 Å². The number of rotatable bonds is 4. The number of para-hydroxylation sites is 1. The van der Waals surface area contributed by atoms with E-state index < -0.39 is 0 Å². The van der Waals surface area contributed by atoms with Crippen LogP contribution >= 0.6 is 0 Å². The van der Waals surface area contributed by atoms with Crippen LogP contribution in [0, 0.1) is 0 Å². The molecule has 228 valence electrons. The molecule has 0 amide bonds. The Hall–Kier alpha value is -5.22. The highest BCUT2D eigenvalue weighted by Gasteiger charge is 2.28. The zero-order chi connectivity index (χ0) is 32.2. The van der Waals surface area contributed by atoms with Crippen LogP contribution in [0.4, 0.5) is 0 Å². The monoisotopic (exact) mass is 601 g/mol. The van der Waals surface area contributed by atoms with Crippen LogP contribution in [0.25, 0.3) is 61.3 Å². The first kappa shape index (κ1) is 29.5. The molecule has 1 N–H and O–H groups in total. The highest BCUT2D eigenvalue weighted by molar-refractivity contribution is 5.99. The van der Waals surface area contributed by atoms with Crippen LogP contribution < -0.4 is 0 Å². The van der Waals surface area contributed by atoms with Gasteiger partial charge in [0.15, 0.2) is 0 Å². The molecule has 0 unspecified atom stereocenters. The van der Waals surface area contributed by atoms with E-state index in [1.54, 1.807) is 0 Å². The van der Waals surface area contributed by atoms with Gasteiger partial charge >= 0.3 is 0 Å². The van der Waals surface area contributed by atoms with Gasteiger partial charge in [0, 0.05) is 28.3 Å². The first-order valence-corrected chi connectivity index (χ1v) is 15.9. The van der Waals surface area contributed by atoms with E-state index >= 15 is 0 Å². The predicted molar refractivity (Wildman–Crippen MR) is 192 cm³/mol. The summed E-state index contributed by atoms with van der Waals surface area (Å²) in [7, 11) is 0. The van der Waals surface area contributed by atoms with Crippen molar-refractivity contribution in [2.24, 2.45) is 0 Å². The summed E-state index contributed by atoms with van der Waals surface area (Å²) >= 11 is 0. The first-order chi connectivity index (χ1) is 22.0. The molecule has 0 atom stereocenters. The Bertz CT molecular complexity index is 2230. The van der Waals surface area contributed by atoms with E-state index in [1.165, 1.54) is 0 Å². The Morgan fingerprint density at radius 2 is 1.35 bits per heavy atom. The second-order valence-electron chi connectivity index (χ2n) is 14.2. The maximum Gasteiger partial charge on any atom is 0.149 e. The lowest BCUT2D eigenvalue weighted by atomic mass is 9.79. The normalized spacial score (nSPS) is 12.2. The van der Waals surface area contributed by atoms with Crippen molar-refractivity contribution >= 4 is 21.8 Å². The second kappa shape index (κ2) is 11.0. The van der Waals surface area contributed by atoms with Crippen LogP contribution in [0.3, 0.4) is 0 Å². The fraction of sp³-hybridized carbons (Fsp3) is 0.190. The summed E-state index contributed by atoms with van der Waals surface area (Å²) in [5.41, 5.74) is 9.34. The van der Waals surface area contributed by atoms with E-state index in [9.17, 15) is 5.11 Å². The van der Waals surface area contributed by atoms with Gasteiger partial charge in [-0.15, -0.1) is 0 Å². The molecule has 2 heterocycles. The largest absolute Gasteiger partial charge is 0.507 e. The lowest BCUT2D eigenvalue weighted by Gasteiger charge is -2.27. The third kappa shape index (κ3) is 5.14. The number of nitrogens with zero attached hydrogens (tertiary/aromatic N) is 3. The summed E-state index contributed by atoms with van der Waals surface area (Å²) in [4.78, 5) is 10.0. The van der Waals surface area contributed by atoms with Crippen molar-refractivity contribution in [2.75, 3.05) is 0 Å². The van der Waals surface area contributed by atoms with Gasteiger partial charge in [0.05, 0.1) is 28.0 Å². The van der Waals surface area contributed by atoms with E-state index in [4.69, 9.17) is 4.98 Å². The van der Waals surface area contributed by atoms with Crippen molar-refractivity contribution in [1.82, 2.24) is 14.5 Å². The molecular formula is C42H39N3O. The summed E-state index contributed by atoms with van der Waals surface area (Å²) < 4.78 is 2.23. The molecule has 7 rings (SSSR count). The maximum absolute atomic E-state index is 12.1. The van der Waals surface area contributed by atoms with Gasteiger partial charge in [-0.05, 0) is 63.7 Å². The number of benzene rings is 5. The van der Waals surface area contributed by atoms with Crippen LogP contribution in [-0.2, 0) is 10.8 Å². The zero-order valence-corrected chi connectivity index (χ0v) is 27.3. The summed E-state index contributed by atoms with van der Waals surface area (Å²) in [6.45, 7) is 13.1. The van der Waals surface area contributed by atoms with Gasteiger partial charge in [0.1, 0.15) is 11.6 Å². The number of phenols is 1. The Morgan fingerprint density at radius 1 is 0.630 bits per heavy atom. The van der Waals surface area contributed by atoms with Crippen LogP contribution in [-0.4, -0.2) is 19.6 Å². The standard InChI is InChI=1S/C42H39N3O/c1-41(2,3)30-25-33(39(46)34(26-30)42(4,5)6)40-44-38-32(28-16-11-17-29(24-28)35-20-9-10-23-43-35)19-13-22-37(38)45(40)36-21-12-15-27-14-7-8-18-31(27)36/h7-26,46H,1-6H3. The molecule has 46 heavy (non-hydrogen) atoms. The van der Waals surface area contributed by atoms with Crippen molar-refractivity contribution in [3.8, 4) is 45.2 Å². The van der Waals surface area contributed by atoms with Crippen LogP contribution in [0.2, 0.25) is 0 Å². The third-order valence-electron chi connectivity index (χ3n) is 8.85. The van der Waals surface area contributed by atoms with Gasteiger partial charge < -0.3 is 5.11 Å². The Morgan fingerprint density at radius 3 is 2.11 bits per heavy atom. The zero-order valence-electron chi connectivity index (χ0n) is 27.3. The van der Waals surface area contributed by atoms with E-state index in [0.29, 0.717) is 5.82 Å². The second-order valence-corrected chi connectivity index (χ2v) is 14.2. The highest BCUT2D eigenvalue weighted by atomic mass is 16.3. The van der Waals surface area contributed by atoms with E-state index in [-0.39, 0.29) is 16.6 Å². The van der Waals surface area contributed by atoms with Crippen molar-refractivity contribution in [3.63, 3.8) is 0 Å². The van der Waals surface area contributed by atoms with Gasteiger partial charge in [-0.3, -0.25) is 9.55 Å². The number of hydrogen-bond acceptors (Lipinski definition) is 3. The fourth-order valence-corrected chi connectivity index (χ4v) is 6.35. The van der Waals surface area contributed by atoms with E-state index in [1.807, 2.05) is 24.4 Å². The number of pyridine rings is 1. The Balaban J connectivity index is 1.58. The fourth-order valence-electron chi connectivity index (χ4n) is 6.35. The van der Waals surface area contributed by atoms with Crippen molar-refractivity contribution < 1.29 is 5.11 Å². The molecule has 0 saturated carbocycles. The van der Waals surface area contributed by atoms with Crippen molar-refractivity contribution in [1.29, 1.82) is 0 Å². The lowest BCUT2D eigenvalue weighted by Crippen LogP contribution is -2.17. The van der Waals surface area contributed by atoms with Gasteiger partial charge in [-0.2, -0.15) is 0 Å². The number of fused-ring (bicyclic) bond motifs is 2. The quantitative estimate of drug-likeness (QED) is 0.218. The average molecular weight is 602 g/mol.